The van der Waals surface area contributed by atoms with Crippen molar-refractivity contribution in [2.75, 3.05) is 0 Å². The molecule has 0 saturated heterocycles. The Bertz CT molecular complexity index is 645. The van der Waals surface area contributed by atoms with Gasteiger partial charge in [0.15, 0.2) is 5.78 Å². The Morgan fingerprint density at radius 2 is 2.17 bits per heavy atom. The number of hydrogen-bond donors (Lipinski definition) is 0. The molecular formula is C11H6Cl2N4O. The molecule has 2 rings (SSSR count). The van der Waals surface area contributed by atoms with Gasteiger partial charge in [0.2, 0.25) is 0 Å². The number of nitrogens with zero attached hydrogens (tertiary/aromatic N) is 4. The molecule has 0 fully saturated rings. The third-order valence-electron chi connectivity index (χ3n) is 2.18. The first-order valence-corrected chi connectivity index (χ1v) is 5.63. The van der Waals surface area contributed by atoms with Gasteiger partial charge in [0, 0.05) is 5.56 Å². The number of carbonyl (C=O) groups excluding carboxylic acids is 1. The summed E-state index contributed by atoms with van der Waals surface area (Å²) in [6.07, 6.45) is 1.33. The van der Waals surface area contributed by atoms with Gasteiger partial charge in [-0.05, 0) is 18.2 Å². The Kier molecular flexibility index (Phi) is 3.60. The first-order valence-electron chi connectivity index (χ1n) is 4.88. The number of carbonyl (C=O) groups is 1. The maximum atomic E-state index is 11.9. The number of benzene rings is 1. The van der Waals surface area contributed by atoms with Gasteiger partial charge in [-0.1, -0.05) is 23.2 Å². The fourth-order valence-corrected chi connectivity index (χ4v) is 1.63. The van der Waals surface area contributed by atoms with Crippen LogP contribution in [0.25, 0.3) is 0 Å². The highest BCUT2D eigenvalue weighted by Crippen LogP contribution is 2.22. The van der Waals surface area contributed by atoms with Crippen molar-refractivity contribution < 1.29 is 4.79 Å². The van der Waals surface area contributed by atoms with E-state index in [1.165, 1.54) is 17.1 Å². The van der Waals surface area contributed by atoms with Crippen LogP contribution in [0, 0.1) is 11.3 Å². The molecule has 0 unspecified atom stereocenters. The first-order chi connectivity index (χ1) is 8.60. The Morgan fingerprint density at radius 3 is 2.78 bits per heavy atom. The van der Waals surface area contributed by atoms with Gasteiger partial charge >= 0.3 is 0 Å². The number of ketones is 1. The zero-order valence-electron chi connectivity index (χ0n) is 8.97. The van der Waals surface area contributed by atoms with Gasteiger partial charge in [0.25, 0.3) is 5.82 Å². The SMILES string of the molecule is N#Cc1ncn(CC(=O)c2ccc(Cl)c(Cl)c2)n1. The molecule has 0 atom stereocenters. The predicted molar refractivity (Wildman–Crippen MR) is 65.5 cm³/mol. The molecule has 0 aliphatic heterocycles. The fourth-order valence-electron chi connectivity index (χ4n) is 1.33. The molecule has 0 N–H and O–H groups in total. The summed E-state index contributed by atoms with van der Waals surface area (Å²) in [5.74, 6) is -0.167. The van der Waals surface area contributed by atoms with Crippen LogP contribution in [-0.2, 0) is 6.54 Å². The van der Waals surface area contributed by atoms with Crippen molar-refractivity contribution in [3.8, 4) is 6.07 Å². The lowest BCUT2D eigenvalue weighted by atomic mass is 10.1. The Balaban J connectivity index is 2.17. The van der Waals surface area contributed by atoms with Crippen LogP contribution in [0.4, 0.5) is 0 Å². The standard InChI is InChI=1S/C11H6Cl2N4O/c12-8-2-1-7(3-9(8)13)10(18)5-17-6-15-11(4-14)16-17/h1-3,6H,5H2. The monoisotopic (exact) mass is 280 g/mol. The summed E-state index contributed by atoms with van der Waals surface area (Å²) in [4.78, 5) is 15.6. The van der Waals surface area contributed by atoms with Crippen LogP contribution in [0.1, 0.15) is 16.2 Å². The van der Waals surface area contributed by atoms with E-state index < -0.39 is 0 Å². The average Bonchev–Trinajstić information content (AvgIpc) is 2.80. The van der Waals surface area contributed by atoms with Gasteiger partial charge in [-0.2, -0.15) is 5.26 Å². The lowest BCUT2D eigenvalue weighted by molar-refractivity contribution is 0.0967. The smallest absolute Gasteiger partial charge is 0.252 e. The molecule has 1 aromatic carbocycles. The number of halogens is 2. The zero-order valence-corrected chi connectivity index (χ0v) is 10.5. The minimum atomic E-state index is -0.192. The molecule has 18 heavy (non-hydrogen) atoms. The highest BCUT2D eigenvalue weighted by Gasteiger charge is 2.10. The van der Waals surface area contributed by atoms with Crippen LogP contribution >= 0.6 is 23.2 Å². The third-order valence-corrected chi connectivity index (χ3v) is 2.92. The van der Waals surface area contributed by atoms with E-state index in [1.54, 1.807) is 18.2 Å². The molecule has 0 spiro atoms. The van der Waals surface area contributed by atoms with E-state index in [0.717, 1.165) is 0 Å². The number of Topliss-reactive ketones (excluding diaryl/α,β-unsaturated/α-hetero) is 1. The number of hydrogen-bond acceptors (Lipinski definition) is 4. The quantitative estimate of drug-likeness (QED) is 0.809. The molecule has 0 bridgehead atoms. The van der Waals surface area contributed by atoms with Crippen molar-refractivity contribution in [1.29, 1.82) is 5.26 Å². The molecule has 0 aliphatic carbocycles. The molecule has 7 heteroatoms. The molecular weight excluding hydrogens is 275 g/mol. The second-order valence-electron chi connectivity index (χ2n) is 3.43. The summed E-state index contributed by atoms with van der Waals surface area (Å²) in [7, 11) is 0. The van der Waals surface area contributed by atoms with E-state index in [1.807, 2.05) is 0 Å². The van der Waals surface area contributed by atoms with E-state index in [2.05, 4.69) is 10.1 Å². The molecule has 1 heterocycles. The normalized spacial score (nSPS) is 10.1. The Morgan fingerprint density at radius 1 is 1.39 bits per heavy atom. The van der Waals surface area contributed by atoms with Crippen LogP contribution in [0.3, 0.4) is 0 Å². The van der Waals surface area contributed by atoms with Crippen LogP contribution in [-0.4, -0.2) is 20.5 Å². The van der Waals surface area contributed by atoms with Crippen molar-refractivity contribution >= 4 is 29.0 Å². The zero-order chi connectivity index (χ0) is 13.1. The summed E-state index contributed by atoms with van der Waals surface area (Å²) >= 11 is 11.6. The molecule has 90 valence electrons. The van der Waals surface area contributed by atoms with E-state index in [4.69, 9.17) is 28.5 Å². The Labute approximate surface area is 113 Å². The minimum Gasteiger partial charge on any atom is -0.292 e. The lowest BCUT2D eigenvalue weighted by Crippen LogP contribution is -2.11. The van der Waals surface area contributed by atoms with Gasteiger partial charge < -0.3 is 0 Å². The second-order valence-corrected chi connectivity index (χ2v) is 4.24. The molecule has 0 radical (unpaired) electrons. The van der Waals surface area contributed by atoms with Crippen molar-refractivity contribution in [2.24, 2.45) is 0 Å². The molecule has 2 aromatic rings. The van der Waals surface area contributed by atoms with Crippen molar-refractivity contribution in [3.63, 3.8) is 0 Å². The van der Waals surface area contributed by atoms with Crippen LogP contribution in [0.2, 0.25) is 10.0 Å². The number of aromatic nitrogens is 3. The largest absolute Gasteiger partial charge is 0.292 e. The predicted octanol–water partition coefficient (Wildman–Crippen LogP) is 2.34. The van der Waals surface area contributed by atoms with E-state index in [-0.39, 0.29) is 18.2 Å². The molecule has 0 saturated carbocycles. The van der Waals surface area contributed by atoms with Gasteiger partial charge in [0.1, 0.15) is 18.9 Å². The summed E-state index contributed by atoms with van der Waals surface area (Å²) in [5.41, 5.74) is 0.429. The molecule has 0 amide bonds. The van der Waals surface area contributed by atoms with Gasteiger partial charge in [0.05, 0.1) is 10.0 Å². The summed E-state index contributed by atoms with van der Waals surface area (Å²) in [5, 5.41) is 13.1. The summed E-state index contributed by atoms with van der Waals surface area (Å²) in [6, 6.07) is 6.42. The van der Waals surface area contributed by atoms with Gasteiger partial charge in [-0.25, -0.2) is 9.67 Å². The maximum Gasteiger partial charge on any atom is 0.252 e. The molecule has 1 aromatic heterocycles. The molecule has 5 nitrogen and oxygen atoms in total. The van der Waals surface area contributed by atoms with E-state index >= 15 is 0 Å². The summed E-state index contributed by atoms with van der Waals surface area (Å²) < 4.78 is 1.30. The summed E-state index contributed by atoms with van der Waals surface area (Å²) in [6.45, 7) is -0.00730. The number of rotatable bonds is 3. The van der Waals surface area contributed by atoms with Gasteiger partial charge in [-0.15, -0.1) is 5.10 Å². The topological polar surface area (TPSA) is 71.6 Å². The second kappa shape index (κ2) is 5.17. The first kappa shape index (κ1) is 12.6. The fraction of sp³-hybridized carbons (Fsp3) is 0.0909. The number of nitriles is 1. The van der Waals surface area contributed by atoms with Crippen LogP contribution in [0.5, 0.6) is 0 Å². The highest BCUT2D eigenvalue weighted by atomic mass is 35.5. The maximum absolute atomic E-state index is 11.9. The van der Waals surface area contributed by atoms with Crippen molar-refractivity contribution in [3.05, 3.63) is 46.0 Å². The average molecular weight is 281 g/mol. The molecule has 0 aliphatic rings. The van der Waals surface area contributed by atoms with Crippen molar-refractivity contribution in [2.45, 2.75) is 6.54 Å². The van der Waals surface area contributed by atoms with Crippen LogP contribution in [0.15, 0.2) is 24.5 Å². The minimum absolute atomic E-state index is 0.00730. The van der Waals surface area contributed by atoms with Gasteiger partial charge in [-0.3, -0.25) is 4.79 Å². The van der Waals surface area contributed by atoms with Crippen molar-refractivity contribution in [1.82, 2.24) is 14.8 Å². The van der Waals surface area contributed by atoms with E-state index in [9.17, 15) is 4.79 Å². The highest BCUT2D eigenvalue weighted by molar-refractivity contribution is 6.42. The lowest BCUT2D eigenvalue weighted by Gasteiger charge is -2.02. The Hall–Kier alpha value is -1.90. The van der Waals surface area contributed by atoms with Crippen LogP contribution < -0.4 is 0 Å². The van der Waals surface area contributed by atoms with E-state index in [0.29, 0.717) is 15.6 Å². The third kappa shape index (κ3) is 2.67.